The van der Waals surface area contributed by atoms with Gasteiger partial charge in [0.05, 0.1) is 50.1 Å². The van der Waals surface area contributed by atoms with Crippen molar-refractivity contribution in [3.8, 4) is 5.75 Å². The second kappa shape index (κ2) is 8.27. The summed E-state index contributed by atoms with van der Waals surface area (Å²) in [7, 11) is 0. The number of nitrogens with zero attached hydrogens (tertiary/aromatic N) is 4. The number of benzene rings is 1. The van der Waals surface area contributed by atoms with Crippen LogP contribution in [0, 0.1) is 0 Å². The molecule has 1 aromatic heterocycles. The average Bonchev–Trinajstić information content (AvgIpc) is 3.35. The summed E-state index contributed by atoms with van der Waals surface area (Å²) < 4.78 is 17.6. The van der Waals surface area contributed by atoms with Crippen LogP contribution in [-0.4, -0.2) is 83.1 Å². The third-order valence-electron chi connectivity index (χ3n) is 7.87. The lowest BCUT2D eigenvalue weighted by atomic mass is 9.68. The zero-order valence-electron chi connectivity index (χ0n) is 19.4. The molecular formula is C25H31N5O4. The van der Waals surface area contributed by atoms with Gasteiger partial charge >= 0.3 is 0 Å². The third-order valence-corrected chi connectivity index (χ3v) is 7.87. The largest absolute Gasteiger partial charge is 0.484 e. The maximum Gasteiger partial charge on any atom is 0.141 e. The minimum absolute atomic E-state index is 0.0223. The lowest BCUT2D eigenvalue weighted by molar-refractivity contribution is -0.104. The van der Waals surface area contributed by atoms with E-state index >= 15 is 0 Å². The summed E-state index contributed by atoms with van der Waals surface area (Å²) in [6.07, 6.45) is 6.07. The van der Waals surface area contributed by atoms with Crippen molar-refractivity contribution in [3.63, 3.8) is 0 Å². The second-order valence-electron chi connectivity index (χ2n) is 10.1. The number of morpholine rings is 1. The quantitative estimate of drug-likeness (QED) is 0.377. The molecule has 2 atom stereocenters. The highest BCUT2D eigenvalue weighted by atomic mass is 16.5. The fraction of sp³-hybridized carbons (Fsp3) is 0.560. The first kappa shape index (κ1) is 21.9. The SMILES string of the molecule is CC(Oc1ccc2ncc3c(c2c1)CCOC3)/C(C=NC12CN3C(CO)COCC3(C1)C2)=N/N. The number of aliphatic imine (C=N–C) groups is 1. The zero-order chi connectivity index (χ0) is 23.3. The fourth-order valence-electron chi connectivity index (χ4n) is 6.26. The predicted molar refractivity (Wildman–Crippen MR) is 128 cm³/mol. The molecular weight excluding hydrogens is 434 g/mol. The molecule has 0 radical (unpaired) electrons. The molecule has 180 valence electrons. The van der Waals surface area contributed by atoms with Crippen molar-refractivity contribution in [2.45, 2.75) is 56.0 Å². The molecule has 5 aliphatic rings. The number of aliphatic hydroxyl groups is 1. The van der Waals surface area contributed by atoms with Gasteiger partial charge < -0.3 is 25.2 Å². The van der Waals surface area contributed by atoms with E-state index in [-0.39, 0.29) is 29.8 Å². The Morgan fingerprint density at radius 1 is 1.41 bits per heavy atom. The van der Waals surface area contributed by atoms with E-state index in [1.807, 2.05) is 31.3 Å². The van der Waals surface area contributed by atoms with Gasteiger partial charge in [0.25, 0.3) is 0 Å². The zero-order valence-corrected chi connectivity index (χ0v) is 19.4. The van der Waals surface area contributed by atoms with Gasteiger partial charge in [-0.15, -0.1) is 0 Å². The summed E-state index contributed by atoms with van der Waals surface area (Å²) in [5, 5.41) is 14.8. The fourth-order valence-corrected chi connectivity index (χ4v) is 6.26. The highest BCUT2D eigenvalue weighted by molar-refractivity contribution is 6.32. The van der Waals surface area contributed by atoms with Crippen LogP contribution in [0.1, 0.15) is 30.9 Å². The number of hydrogen-bond acceptors (Lipinski definition) is 9. The predicted octanol–water partition coefficient (Wildman–Crippen LogP) is 1.44. The van der Waals surface area contributed by atoms with Crippen LogP contribution >= 0.6 is 0 Å². The van der Waals surface area contributed by atoms with Gasteiger partial charge in [0.15, 0.2) is 0 Å². The number of fused-ring (bicyclic) bond motifs is 3. The number of nitrogens with two attached hydrogens (primary N) is 1. The smallest absolute Gasteiger partial charge is 0.141 e. The normalized spacial score (nSPS) is 31.8. The molecule has 2 unspecified atom stereocenters. The van der Waals surface area contributed by atoms with Gasteiger partial charge in [0, 0.05) is 29.9 Å². The van der Waals surface area contributed by atoms with E-state index < -0.39 is 0 Å². The number of hydrogen-bond donors (Lipinski definition) is 2. The van der Waals surface area contributed by atoms with Gasteiger partial charge in [-0.1, -0.05) is 0 Å². The van der Waals surface area contributed by atoms with E-state index in [1.165, 1.54) is 5.56 Å². The van der Waals surface area contributed by atoms with Crippen LogP contribution in [0.4, 0.5) is 0 Å². The first-order chi connectivity index (χ1) is 16.5. The van der Waals surface area contributed by atoms with Crippen LogP contribution in [0.5, 0.6) is 5.75 Å². The topological polar surface area (TPSA) is 115 Å². The van der Waals surface area contributed by atoms with E-state index in [2.05, 4.69) is 15.0 Å². The van der Waals surface area contributed by atoms with Gasteiger partial charge in [-0.2, -0.15) is 5.10 Å². The minimum Gasteiger partial charge on any atom is -0.484 e. The summed E-state index contributed by atoms with van der Waals surface area (Å²) in [4.78, 5) is 11.9. The number of aliphatic hydroxyl groups excluding tert-OH is 1. The monoisotopic (exact) mass is 465 g/mol. The summed E-state index contributed by atoms with van der Waals surface area (Å²) >= 11 is 0. The number of pyridine rings is 1. The lowest BCUT2D eigenvalue weighted by Gasteiger charge is -2.50. The van der Waals surface area contributed by atoms with E-state index in [0.717, 1.165) is 54.6 Å². The molecule has 1 spiro atoms. The van der Waals surface area contributed by atoms with Gasteiger partial charge in [-0.25, -0.2) is 0 Å². The Morgan fingerprint density at radius 2 is 2.29 bits per heavy atom. The molecule has 2 bridgehead atoms. The van der Waals surface area contributed by atoms with Crippen molar-refractivity contribution < 1.29 is 19.3 Å². The summed E-state index contributed by atoms with van der Waals surface area (Å²) in [5.41, 5.74) is 3.83. The molecule has 2 aromatic rings. The highest BCUT2D eigenvalue weighted by Crippen LogP contribution is 2.57. The van der Waals surface area contributed by atoms with Crippen LogP contribution in [0.25, 0.3) is 10.9 Å². The number of ether oxygens (including phenoxy) is 3. The Morgan fingerprint density at radius 3 is 3.12 bits per heavy atom. The van der Waals surface area contributed by atoms with Gasteiger partial charge in [-0.3, -0.25) is 14.9 Å². The highest BCUT2D eigenvalue weighted by Gasteiger charge is 2.67. The van der Waals surface area contributed by atoms with Gasteiger partial charge in [0.1, 0.15) is 17.6 Å². The molecule has 1 aliphatic carbocycles. The Labute approximate surface area is 198 Å². The molecule has 1 saturated carbocycles. The molecule has 4 aliphatic heterocycles. The van der Waals surface area contributed by atoms with Crippen molar-refractivity contribution in [1.29, 1.82) is 0 Å². The average molecular weight is 466 g/mol. The van der Waals surface area contributed by atoms with Gasteiger partial charge in [0.2, 0.25) is 0 Å². The Kier molecular flexibility index (Phi) is 5.33. The molecule has 4 fully saturated rings. The van der Waals surface area contributed by atoms with Crippen molar-refractivity contribution in [2.75, 3.05) is 33.0 Å². The van der Waals surface area contributed by atoms with Gasteiger partial charge in [-0.05, 0) is 55.5 Å². The van der Waals surface area contributed by atoms with Crippen LogP contribution in [0.2, 0.25) is 0 Å². The number of aromatic nitrogens is 1. The van der Waals surface area contributed by atoms with Crippen molar-refractivity contribution in [2.24, 2.45) is 15.9 Å². The van der Waals surface area contributed by atoms with Crippen LogP contribution < -0.4 is 10.6 Å². The summed E-state index contributed by atoms with van der Waals surface area (Å²) in [6.45, 7) is 5.49. The number of hydrazone groups is 1. The first-order valence-electron chi connectivity index (χ1n) is 12.0. The van der Waals surface area contributed by atoms with E-state index in [9.17, 15) is 5.11 Å². The summed E-state index contributed by atoms with van der Waals surface area (Å²) in [6, 6.07) is 6.02. The maximum absolute atomic E-state index is 9.73. The maximum atomic E-state index is 9.73. The van der Waals surface area contributed by atoms with E-state index in [1.54, 1.807) is 6.21 Å². The molecule has 34 heavy (non-hydrogen) atoms. The van der Waals surface area contributed by atoms with Crippen LogP contribution in [0.15, 0.2) is 34.5 Å². The van der Waals surface area contributed by atoms with E-state index in [4.69, 9.17) is 25.0 Å². The molecule has 3 N–H and O–H groups in total. The molecule has 0 amide bonds. The molecule has 7 rings (SSSR count). The molecule has 1 aromatic carbocycles. The van der Waals surface area contributed by atoms with Crippen molar-refractivity contribution in [1.82, 2.24) is 9.88 Å². The molecule has 3 saturated heterocycles. The molecule has 5 heterocycles. The second-order valence-corrected chi connectivity index (χ2v) is 10.1. The minimum atomic E-state index is -0.357. The summed E-state index contributed by atoms with van der Waals surface area (Å²) in [5.74, 6) is 6.49. The van der Waals surface area contributed by atoms with Crippen molar-refractivity contribution >= 4 is 22.8 Å². The number of rotatable bonds is 6. The standard InChI is InChI=1S/C25H31N5O4/c1-16(34-19-2-3-22-21(6-19)20-4-5-32-10-17(20)7-27-22)23(29-26)8-28-24-12-25(13-24)15-33-11-18(9-31)30(25)14-24/h2-3,6-8,16,18,31H,4-5,9-15,26H2,1H3/b28-8?,29-23+. The Bertz CT molecular complexity index is 1160. The van der Waals surface area contributed by atoms with Crippen LogP contribution in [0.3, 0.4) is 0 Å². The third kappa shape index (κ3) is 3.50. The van der Waals surface area contributed by atoms with Crippen molar-refractivity contribution in [3.05, 3.63) is 35.5 Å². The molecule has 9 heteroatoms. The first-order valence-corrected chi connectivity index (χ1v) is 12.0. The lowest BCUT2D eigenvalue weighted by Crippen LogP contribution is -2.61. The van der Waals surface area contributed by atoms with Crippen LogP contribution in [-0.2, 0) is 22.5 Å². The molecule has 9 nitrogen and oxygen atoms in total. The van der Waals surface area contributed by atoms with E-state index in [0.29, 0.717) is 25.5 Å². The Hall–Kier alpha value is -2.59. The Balaban J connectivity index is 1.17.